The normalized spacial score (nSPS) is 46.8. The molecule has 0 radical (unpaired) electrons. The highest BCUT2D eigenvalue weighted by Crippen LogP contribution is 2.63. The Balaban J connectivity index is 1.18. The average molecular weight is 527 g/mol. The lowest BCUT2D eigenvalue weighted by molar-refractivity contribution is -0.191. The average Bonchev–Trinajstić information content (AvgIpc) is 3.68. The molecular weight excluding hydrogens is 484 g/mol. The monoisotopic (exact) mass is 526 g/mol. The number of hydrogen-bond acceptors (Lipinski definition) is 7. The molecule has 5 aliphatic rings. The Labute approximate surface area is 224 Å². The zero-order valence-corrected chi connectivity index (χ0v) is 23.0. The molecule has 0 aliphatic carbocycles. The van der Waals surface area contributed by atoms with Crippen molar-refractivity contribution in [2.75, 3.05) is 5.75 Å². The zero-order chi connectivity index (χ0) is 25.4. The van der Waals surface area contributed by atoms with E-state index in [2.05, 4.69) is 35.8 Å². The topological polar surface area (TPSA) is 73.2 Å². The molecule has 0 aromatic carbocycles. The van der Waals surface area contributed by atoms with E-state index in [-0.39, 0.29) is 22.2 Å². The fourth-order valence-electron chi connectivity index (χ4n) is 9.06. The summed E-state index contributed by atoms with van der Waals surface area (Å²) in [7, 11) is 0. The summed E-state index contributed by atoms with van der Waals surface area (Å²) in [5.74, 6) is 2.10. The number of hydrogen-bond donors (Lipinski definition) is 2. The van der Waals surface area contributed by atoms with Crippen LogP contribution in [0.3, 0.4) is 0 Å². The van der Waals surface area contributed by atoms with E-state index in [9.17, 15) is 10.2 Å². The third-order valence-electron chi connectivity index (χ3n) is 11.1. The minimum absolute atomic E-state index is 0.180. The van der Waals surface area contributed by atoms with Crippen molar-refractivity contribution in [3.63, 3.8) is 0 Å². The van der Waals surface area contributed by atoms with E-state index in [1.54, 1.807) is 12.5 Å². The zero-order valence-electron chi connectivity index (χ0n) is 22.2. The molecule has 0 saturated carbocycles. The van der Waals surface area contributed by atoms with Gasteiger partial charge in [0.1, 0.15) is 12.5 Å². The molecule has 2 aromatic heterocycles. The van der Waals surface area contributed by atoms with E-state index >= 15 is 0 Å². The van der Waals surface area contributed by atoms with Crippen LogP contribution in [-0.2, 0) is 0 Å². The van der Waals surface area contributed by atoms with Crippen LogP contribution in [0.4, 0.5) is 0 Å². The molecular formula is C30H42N2O4S. The van der Waals surface area contributed by atoms with Gasteiger partial charge in [-0.2, -0.15) is 11.8 Å². The van der Waals surface area contributed by atoms with Gasteiger partial charge in [0, 0.05) is 46.5 Å². The van der Waals surface area contributed by atoms with Crippen LogP contribution in [0.1, 0.15) is 94.8 Å². The van der Waals surface area contributed by atoms with Crippen LogP contribution >= 0.6 is 11.8 Å². The molecule has 7 heterocycles. The smallest absolute Gasteiger partial charge is 0.122 e. The van der Waals surface area contributed by atoms with E-state index in [0.29, 0.717) is 23.9 Å². The Kier molecular flexibility index (Phi) is 6.13. The van der Waals surface area contributed by atoms with Crippen molar-refractivity contribution >= 4 is 11.8 Å². The number of fused-ring (bicyclic) bond motifs is 2. The van der Waals surface area contributed by atoms with Crippen LogP contribution in [0.2, 0.25) is 0 Å². The first-order chi connectivity index (χ1) is 17.9. The molecule has 5 saturated heterocycles. The Bertz CT molecular complexity index is 993. The van der Waals surface area contributed by atoms with Gasteiger partial charge in [0.2, 0.25) is 0 Å². The molecule has 2 aromatic rings. The molecule has 2 N–H and O–H groups in total. The molecule has 37 heavy (non-hydrogen) atoms. The lowest BCUT2D eigenvalue weighted by Crippen LogP contribution is -2.64. The summed E-state index contributed by atoms with van der Waals surface area (Å²) in [4.78, 5) is 4.90. The minimum atomic E-state index is -0.506. The van der Waals surface area contributed by atoms with Gasteiger partial charge in [-0.15, -0.1) is 0 Å². The molecule has 0 unspecified atom stereocenters. The second-order valence-electron chi connectivity index (χ2n) is 13.0. The number of thioether (sulfide) groups is 1. The fourth-order valence-corrected chi connectivity index (χ4v) is 11.0. The first-order valence-electron chi connectivity index (χ1n) is 14.5. The summed E-state index contributed by atoms with van der Waals surface area (Å²) in [5, 5.41) is 24.4. The summed E-state index contributed by atoms with van der Waals surface area (Å²) in [6, 6.07) is 5.38. The van der Waals surface area contributed by atoms with Crippen molar-refractivity contribution in [2.24, 2.45) is 17.3 Å². The number of aliphatic hydroxyl groups is 2. The molecule has 0 bridgehead atoms. The fraction of sp³-hybridized carbons (Fsp3) is 0.733. The van der Waals surface area contributed by atoms with E-state index < -0.39 is 12.5 Å². The largest absolute Gasteiger partial charge is 0.472 e. The van der Waals surface area contributed by atoms with Gasteiger partial charge in [0.25, 0.3) is 0 Å². The predicted octanol–water partition coefficient (Wildman–Crippen LogP) is 5.94. The molecule has 7 rings (SSSR count). The highest BCUT2D eigenvalue weighted by molar-refractivity contribution is 8.01. The highest BCUT2D eigenvalue weighted by Gasteiger charge is 2.63. The van der Waals surface area contributed by atoms with Gasteiger partial charge >= 0.3 is 0 Å². The highest BCUT2D eigenvalue weighted by atomic mass is 32.2. The lowest BCUT2D eigenvalue weighted by Gasteiger charge is -2.58. The summed E-state index contributed by atoms with van der Waals surface area (Å²) in [6.45, 7) is 4.72. The van der Waals surface area contributed by atoms with Gasteiger partial charge in [-0.1, -0.05) is 13.8 Å². The summed E-state index contributed by atoms with van der Waals surface area (Å²) in [6.07, 6.45) is 16.0. The van der Waals surface area contributed by atoms with E-state index in [1.807, 2.05) is 24.3 Å². The lowest BCUT2D eigenvalue weighted by atomic mass is 9.65. The predicted molar refractivity (Wildman–Crippen MR) is 144 cm³/mol. The van der Waals surface area contributed by atoms with Crippen LogP contribution in [-0.4, -0.2) is 55.1 Å². The maximum atomic E-state index is 12.2. The Morgan fingerprint density at radius 1 is 0.784 bits per heavy atom. The standard InChI is InChI=1S/C30H42N2O4S/c1-19-3-5-25(21-9-13-35-15-21)31-23(19)7-11-29(27(31)33)17-30(37-18-29)12-8-24-20(2)4-6-26(32(24)28(30)34)22-10-14-36-16-22/h9-10,13-16,19-20,23-28,33-34H,3-8,11-12,17-18H2,1-2H3/t19-,20+,23-,24+,25-,26-,27+,28-,29-,30+/m0/s1. The van der Waals surface area contributed by atoms with Crippen molar-refractivity contribution in [3.05, 3.63) is 48.3 Å². The Morgan fingerprint density at radius 2 is 1.35 bits per heavy atom. The number of piperidine rings is 4. The SMILES string of the molecule is C[C@@H]1CC[C@@H](c2ccoc2)N2[C@@H]1CC[C@@]1(C[C@@]3(CC[C@H]4[C@@H](C)CC[C@@H](c5ccoc5)N4[C@@H]3O)CS1)[C@@H]2O. The molecule has 5 aliphatic heterocycles. The molecule has 5 fully saturated rings. The number of rotatable bonds is 2. The number of furan rings is 2. The van der Waals surface area contributed by atoms with Crippen LogP contribution in [0, 0.1) is 17.3 Å². The molecule has 7 heteroatoms. The molecule has 10 atom stereocenters. The van der Waals surface area contributed by atoms with Crippen molar-refractivity contribution in [3.8, 4) is 0 Å². The quantitative estimate of drug-likeness (QED) is 0.501. The minimum Gasteiger partial charge on any atom is -0.472 e. The van der Waals surface area contributed by atoms with Crippen LogP contribution in [0.15, 0.2) is 46.0 Å². The van der Waals surface area contributed by atoms with Gasteiger partial charge in [0.05, 0.1) is 29.8 Å². The van der Waals surface area contributed by atoms with Gasteiger partial charge in [-0.05, 0) is 81.8 Å². The van der Waals surface area contributed by atoms with Crippen molar-refractivity contribution < 1.29 is 19.0 Å². The summed E-state index contributed by atoms with van der Waals surface area (Å²) in [5.41, 5.74) is 2.20. The molecule has 2 spiro atoms. The maximum absolute atomic E-state index is 12.2. The van der Waals surface area contributed by atoms with Crippen LogP contribution < -0.4 is 0 Å². The maximum Gasteiger partial charge on any atom is 0.122 e. The molecule has 0 amide bonds. The second-order valence-corrected chi connectivity index (χ2v) is 14.4. The van der Waals surface area contributed by atoms with E-state index in [0.717, 1.165) is 50.7 Å². The first-order valence-corrected chi connectivity index (χ1v) is 15.5. The van der Waals surface area contributed by atoms with Crippen molar-refractivity contribution in [2.45, 2.75) is 113 Å². The molecule has 6 nitrogen and oxygen atoms in total. The Hall–Kier alpha value is -1.25. The van der Waals surface area contributed by atoms with E-state index in [1.165, 1.54) is 24.0 Å². The number of aliphatic hydroxyl groups excluding tert-OH is 2. The Morgan fingerprint density at radius 3 is 1.92 bits per heavy atom. The van der Waals surface area contributed by atoms with Crippen molar-refractivity contribution in [1.82, 2.24) is 9.80 Å². The third kappa shape index (κ3) is 3.75. The molecule has 202 valence electrons. The van der Waals surface area contributed by atoms with Crippen LogP contribution in [0.25, 0.3) is 0 Å². The summed E-state index contributed by atoms with van der Waals surface area (Å²) < 4.78 is 10.7. The van der Waals surface area contributed by atoms with Crippen molar-refractivity contribution in [1.29, 1.82) is 0 Å². The van der Waals surface area contributed by atoms with Gasteiger partial charge in [-0.25, -0.2) is 0 Å². The van der Waals surface area contributed by atoms with Crippen LogP contribution in [0.5, 0.6) is 0 Å². The second kappa shape index (κ2) is 9.16. The van der Waals surface area contributed by atoms with Gasteiger partial charge in [-0.3, -0.25) is 9.80 Å². The van der Waals surface area contributed by atoms with Gasteiger partial charge < -0.3 is 19.0 Å². The van der Waals surface area contributed by atoms with E-state index in [4.69, 9.17) is 8.83 Å². The third-order valence-corrected chi connectivity index (χ3v) is 13.0. The van der Waals surface area contributed by atoms with Gasteiger partial charge in [0.15, 0.2) is 0 Å². The first kappa shape index (κ1) is 24.8. The number of nitrogens with zero attached hydrogens (tertiary/aromatic N) is 2. The summed E-state index contributed by atoms with van der Waals surface area (Å²) >= 11 is 1.96.